The Morgan fingerprint density at radius 3 is 2.21 bits per heavy atom. The molecular formula is C24H35FN6OS. The molecule has 0 spiro atoms. The first-order chi connectivity index (χ1) is 15.8. The summed E-state index contributed by atoms with van der Waals surface area (Å²) >= 11 is 1.49. The summed E-state index contributed by atoms with van der Waals surface area (Å²) in [5.41, 5.74) is 0.983. The summed E-state index contributed by atoms with van der Waals surface area (Å²) in [5, 5.41) is 3.78. The first-order valence-corrected chi connectivity index (χ1v) is 12.7. The molecule has 180 valence electrons. The molecule has 1 aromatic carbocycles. The molecule has 2 aliphatic rings. The number of carbonyl (C=O) groups excluding carboxylic acids is 1. The van der Waals surface area contributed by atoms with E-state index in [4.69, 9.17) is 0 Å². The van der Waals surface area contributed by atoms with Crippen LogP contribution in [0.15, 0.2) is 18.2 Å². The second kappa shape index (κ2) is 10.2. The summed E-state index contributed by atoms with van der Waals surface area (Å²) < 4.78 is 19.0. The summed E-state index contributed by atoms with van der Waals surface area (Å²) in [6, 6.07) is 4.98. The summed E-state index contributed by atoms with van der Waals surface area (Å²) in [6.07, 6.45) is 4.64. The fraction of sp³-hybridized carbons (Fsp3) is 0.625. The largest absolute Gasteiger partial charge is 0.371 e. The first-order valence-electron chi connectivity index (χ1n) is 11.9. The molecule has 0 bridgehead atoms. The summed E-state index contributed by atoms with van der Waals surface area (Å²) in [5.74, 6) is 1.44. The van der Waals surface area contributed by atoms with Gasteiger partial charge in [0.2, 0.25) is 11.1 Å². The van der Waals surface area contributed by atoms with Crippen LogP contribution in [0.5, 0.6) is 0 Å². The van der Waals surface area contributed by atoms with E-state index in [9.17, 15) is 9.18 Å². The average Bonchev–Trinajstić information content (AvgIpc) is 3.29. The van der Waals surface area contributed by atoms with Crippen LogP contribution in [0.25, 0.3) is 0 Å². The average molecular weight is 475 g/mol. The van der Waals surface area contributed by atoms with Gasteiger partial charge < -0.3 is 20.0 Å². The normalized spacial score (nSPS) is 18.1. The van der Waals surface area contributed by atoms with E-state index in [1.165, 1.54) is 30.4 Å². The van der Waals surface area contributed by atoms with Crippen LogP contribution in [0, 0.1) is 17.7 Å². The van der Waals surface area contributed by atoms with Gasteiger partial charge in [0, 0.05) is 63.5 Å². The zero-order valence-electron chi connectivity index (χ0n) is 20.1. The molecule has 3 heterocycles. The number of benzene rings is 1. The summed E-state index contributed by atoms with van der Waals surface area (Å²) in [7, 11) is 3.94. The zero-order chi connectivity index (χ0) is 23.5. The maximum absolute atomic E-state index is 14.6. The number of piperidine rings is 2. The lowest BCUT2D eigenvalue weighted by molar-refractivity contribution is 0.0939. The number of carbonyl (C=O) groups is 1. The molecule has 0 radical (unpaired) electrons. The Morgan fingerprint density at radius 1 is 1.09 bits per heavy atom. The number of anilines is 3. The van der Waals surface area contributed by atoms with E-state index < -0.39 is 5.82 Å². The lowest BCUT2D eigenvalue weighted by Gasteiger charge is -2.40. The third-order valence-electron chi connectivity index (χ3n) is 6.80. The molecule has 33 heavy (non-hydrogen) atoms. The van der Waals surface area contributed by atoms with E-state index >= 15 is 0 Å². The van der Waals surface area contributed by atoms with Crippen molar-refractivity contribution in [2.45, 2.75) is 45.6 Å². The van der Waals surface area contributed by atoms with Gasteiger partial charge in [-0.15, -0.1) is 0 Å². The second-order valence-electron chi connectivity index (χ2n) is 9.71. The zero-order valence-corrected chi connectivity index (χ0v) is 20.9. The Balaban J connectivity index is 1.28. The van der Waals surface area contributed by atoms with Crippen molar-refractivity contribution in [3.05, 3.63) is 29.6 Å². The highest BCUT2D eigenvalue weighted by Crippen LogP contribution is 2.35. The minimum atomic E-state index is -0.450. The van der Waals surface area contributed by atoms with Crippen molar-refractivity contribution < 1.29 is 9.18 Å². The van der Waals surface area contributed by atoms with Gasteiger partial charge >= 0.3 is 0 Å². The van der Waals surface area contributed by atoms with Crippen LogP contribution < -0.4 is 20.0 Å². The molecule has 1 N–H and O–H groups in total. The Kier molecular flexibility index (Phi) is 7.36. The molecule has 7 nitrogen and oxygen atoms in total. The molecule has 2 saturated heterocycles. The standard InChI is InChI=1S/C24H35FN6OS/c1-16(2)26-22(32)20-6-5-19(15-21(20)25)30-11-7-17(8-12-30)18-9-13-31(14-10-18)24-27-23(28-33-24)29(3)4/h5-6,15-18H,7-14H2,1-4H3,(H,26,32). The van der Waals surface area contributed by atoms with Crippen molar-refractivity contribution in [1.29, 1.82) is 0 Å². The van der Waals surface area contributed by atoms with Crippen LogP contribution in [0.3, 0.4) is 0 Å². The number of halogens is 1. The van der Waals surface area contributed by atoms with Crippen molar-refractivity contribution in [3.63, 3.8) is 0 Å². The summed E-state index contributed by atoms with van der Waals surface area (Å²) in [4.78, 5) is 23.4. The maximum Gasteiger partial charge on any atom is 0.254 e. The maximum atomic E-state index is 14.6. The molecule has 2 aliphatic heterocycles. The second-order valence-corrected chi connectivity index (χ2v) is 10.4. The van der Waals surface area contributed by atoms with Crippen molar-refractivity contribution in [1.82, 2.24) is 14.7 Å². The third kappa shape index (κ3) is 5.57. The van der Waals surface area contributed by atoms with Gasteiger partial charge in [-0.3, -0.25) is 4.79 Å². The Hall–Kier alpha value is -2.42. The van der Waals surface area contributed by atoms with Gasteiger partial charge in [0.25, 0.3) is 5.91 Å². The van der Waals surface area contributed by atoms with E-state index in [1.807, 2.05) is 38.9 Å². The Bertz CT molecular complexity index is 948. The van der Waals surface area contributed by atoms with E-state index in [-0.39, 0.29) is 17.5 Å². The monoisotopic (exact) mass is 474 g/mol. The predicted octanol–water partition coefficient (Wildman–Crippen LogP) is 4.01. The molecule has 0 atom stereocenters. The van der Waals surface area contributed by atoms with Gasteiger partial charge in [-0.1, -0.05) is 0 Å². The Labute approximate surface area is 200 Å². The number of rotatable bonds is 6. The number of nitrogens with zero attached hydrogens (tertiary/aromatic N) is 5. The summed E-state index contributed by atoms with van der Waals surface area (Å²) in [6.45, 7) is 7.69. The lowest BCUT2D eigenvalue weighted by atomic mass is 9.79. The molecule has 2 aromatic rings. The quantitative estimate of drug-likeness (QED) is 0.682. The number of hydrogen-bond donors (Lipinski definition) is 1. The van der Waals surface area contributed by atoms with E-state index in [1.54, 1.807) is 6.07 Å². The van der Waals surface area contributed by atoms with Crippen LogP contribution in [-0.2, 0) is 0 Å². The highest BCUT2D eigenvalue weighted by atomic mass is 32.1. The SMILES string of the molecule is CC(C)NC(=O)c1ccc(N2CCC(C3CCN(c4nc(N(C)C)ns4)CC3)CC2)cc1F. The van der Waals surface area contributed by atoms with Gasteiger partial charge in [-0.05, 0) is 69.6 Å². The van der Waals surface area contributed by atoms with Crippen molar-refractivity contribution >= 4 is 34.2 Å². The lowest BCUT2D eigenvalue weighted by Crippen LogP contribution is -2.41. The van der Waals surface area contributed by atoms with Gasteiger partial charge in [0.15, 0.2) is 0 Å². The van der Waals surface area contributed by atoms with Crippen LogP contribution in [-0.4, -0.2) is 61.6 Å². The molecule has 1 amide bonds. The molecule has 2 fully saturated rings. The first kappa shape index (κ1) is 23.7. The molecule has 4 rings (SSSR count). The number of aromatic nitrogens is 2. The van der Waals surface area contributed by atoms with E-state index in [0.717, 1.165) is 67.6 Å². The topological polar surface area (TPSA) is 64.6 Å². The fourth-order valence-corrected chi connectivity index (χ4v) is 5.72. The highest BCUT2D eigenvalue weighted by molar-refractivity contribution is 7.09. The molecular weight excluding hydrogens is 439 g/mol. The van der Waals surface area contributed by atoms with Gasteiger partial charge in [-0.25, -0.2) is 4.39 Å². The van der Waals surface area contributed by atoms with Crippen LogP contribution in [0.4, 0.5) is 21.2 Å². The number of nitrogens with one attached hydrogen (secondary N) is 1. The van der Waals surface area contributed by atoms with Crippen molar-refractivity contribution in [3.8, 4) is 0 Å². The van der Waals surface area contributed by atoms with Crippen LogP contribution in [0.2, 0.25) is 0 Å². The van der Waals surface area contributed by atoms with Crippen LogP contribution in [0.1, 0.15) is 49.9 Å². The number of amides is 1. The fourth-order valence-electron chi connectivity index (χ4n) is 4.93. The van der Waals surface area contributed by atoms with E-state index in [2.05, 4.69) is 24.5 Å². The van der Waals surface area contributed by atoms with Crippen molar-refractivity contribution in [2.24, 2.45) is 11.8 Å². The minimum Gasteiger partial charge on any atom is -0.371 e. The minimum absolute atomic E-state index is 0.0174. The Morgan fingerprint density at radius 2 is 1.70 bits per heavy atom. The molecule has 1 aromatic heterocycles. The third-order valence-corrected chi connectivity index (χ3v) is 7.57. The van der Waals surface area contributed by atoms with Gasteiger partial charge in [0.1, 0.15) is 5.82 Å². The molecule has 0 unspecified atom stereocenters. The van der Waals surface area contributed by atoms with Gasteiger partial charge in [0.05, 0.1) is 5.56 Å². The molecule has 9 heteroatoms. The predicted molar refractivity (Wildman–Crippen MR) is 133 cm³/mol. The molecule has 0 aliphatic carbocycles. The smallest absolute Gasteiger partial charge is 0.254 e. The highest BCUT2D eigenvalue weighted by Gasteiger charge is 2.31. The van der Waals surface area contributed by atoms with Crippen LogP contribution >= 0.6 is 11.5 Å². The van der Waals surface area contributed by atoms with Crippen molar-refractivity contribution in [2.75, 3.05) is 55.0 Å². The number of hydrogen-bond acceptors (Lipinski definition) is 7. The van der Waals surface area contributed by atoms with Gasteiger partial charge in [-0.2, -0.15) is 9.36 Å². The molecule has 0 saturated carbocycles. The van der Waals surface area contributed by atoms with E-state index in [0.29, 0.717) is 0 Å².